The maximum Gasteiger partial charge on any atom is 0.0797 e. The van der Waals surface area contributed by atoms with Gasteiger partial charge in [0.2, 0.25) is 0 Å². The Morgan fingerprint density at radius 3 is 1.81 bits per heavy atom. The lowest BCUT2D eigenvalue weighted by molar-refractivity contribution is 0.0175. The van der Waals surface area contributed by atoms with E-state index in [0.717, 1.165) is 6.54 Å². The van der Waals surface area contributed by atoms with Crippen LogP contribution in [0.2, 0.25) is 0 Å². The van der Waals surface area contributed by atoms with Gasteiger partial charge in [0, 0.05) is 0 Å². The van der Waals surface area contributed by atoms with Crippen LogP contribution in [0.1, 0.15) is 52.9 Å². The summed E-state index contributed by atoms with van der Waals surface area (Å²) in [6.07, 6.45) is 2.95. The van der Waals surface area contributed by atoms with Crippen LogP contribution in [0.25, 0.3) is 0 Å². The molecule has 0 fully saturated rings. The Morgan fingerprint density at radius 1 is 1.00 bits per heavy atom. The van der Waals surface area contributed by atoms with Gasteiger partial charge in [0.25, 0.3) is 0 Å². The Morgan fingerprint density at radius 2 is 1.56 bits per heavy atom. The first kappa shape index (κ1) is 18.2. The van der Waals surface area contributed by atoms with Crippen LogP contribution in [0.4, 0.5) is 0 Å². The van der Waals surface area contributed by atoms with E-state index < -0.39 is 18.3 Å². The lowest BCUT2D eigenvalue weighted by Crippen LogP contribution is -2.23. The van der Waals surface area contributed by atoms with Gasteiger partial charge in [-0.3, -0.25) is 0 Å². The topological polar surface area (TPSA) is 86.7 Å². The average molecular weight is 235 g/mol. The SMILES string of the molecule is CC(O)CCC(O)C(C)O.CCCCCN. The second-order valence-electron chi connectivity index (χ2n) is 4.23. The van der Waals surface area contributed by atoms with Crippen molar-refractivity contribution >= 4 is 0 Å². The highest BCUT2D eigenvalue weighted by Crippen LogP contribution is 2.04. The summed E-state index contributed by atoms with van der Waals surface area (Å²) in [5, 5.41) is 26.6. The minimum absolute atomic E-state index is 0.395. The monoisotopic (exact) mass is 235 g/mol. The minimum atomic E-state index is -0.699. The van der Waals surface area contributed by atoms with E-state index in [0.29, 0.717) is 12.8 Å². The molecule has 0 saturated heterocycles. The van der Waals surface area contributed by atoms with E-state index in [2.05, 4.69) is 6.92 Å². The predicted octanol–water partition coefficient (Wildman–Crippen LogP) is 1.02. The molecule has 0 aliphatic carbocycles. The molecule has 0 saturated carbocycles. The molecule has 0 heterocycles. The van der Waals surface area contributed by atoms with Crippen molar-refractivity contribution in [3.63, 3.8) is 0 Å². The molecule has 100 valence electrons. The summed E-state index contributed by atoms with van der Waals surface area (Å²) in [4.78, 5) is 0. The van der Waals surface area contributed by atoms with E-state index in [-0.39, 0.29) is 0 Å². The van der Waals surface area contributed by atoms with Gasteiger partial charge in [-0.2, -0.15) is 0 Å². The van der Waals surface area contributed by atoms with Gasteiger partial charge in [-0.05, 0) is 39.7 Å². The van der Waals surface area contributed by atoms with Gasteiger partial charge >= 0.3 is 0 Å². The third kappa shape index (κ3) is 16.3. The standard InChI is InChI=1S/C7H16O3.C5H13N/c1-5(8)3-4-7(10)6(2)9;1-2-3-4-5-6/h5-10H,3-4H2,1-2H3;2-6H2,1H3. The second kappa shape index (κ2) is 12.9. The molecule has 3 atom stereocenters. The first-order chi connectivity index (χ1) is 7.45. The van der Waals surface area contributed by atoms with Crippen molar-refractivity contribution in [2.45, 2.75) is 71.2 Å². The number of unbranched alkanes of at least 4 members (excludes halogenated alkanes) is 2. The quantitative estimate of drug-likeness (QED) is 0.496. The zero-order valence-electron chi connectivity index (χ0n) is 10.9. The normalized spacial score (nSPS) is 15.9. The molecule has 0 aliphatic rings. The number of aliphatic hydroxyl groups is 3. The number of hydrogen-bond acceptors (Lipinski definition) is 4. The van der Waals surface area contributed by atoms with Crippen molar-refractivity contribution in [3.05, 3.63) is 0 Å². The average Bonchev–Trinajstić information content (AvgIpc) is 2.23. The molecular formula is C12H29NO3. The van der Waals surface area contributed by atoms with Crippen molar-refractivity contribution in [3.8, 4) is 0 Å². The highest BCUT2D eigenvalue weighted by Gasteiger charge is 2.10. The fourth-order valence-corrected chi connectivity index (χ4v) is 1.05. The lowest BCUT2D eigenvalue weighted by Gasteiger charge is -2.13. The molecule has 0 spiro atoms. The number of aliphatic hydroxyl groups excluding tert-OH is 3. The Balaban J connectivity index is 0. The highest BCUT2D eigenvalue weighted by molar-refractivity contribution is 4.63. The van der Waals surface area contributed by atoms with E-state index in [9.17, 15) is 0 Å². The van der Waals surface area contributed by atoms with Crippen LogP contribution in [0.3, 0.4) is 0 Å². The summed E-state index contributed by atoms with van der Waals surface area (Å²) in [5.74, 6) is 0. The molecule has 0 aromatic carbocycles. The number of rotatable bonds is 7. The van der Waals surface area contributed by atoms with Crippen LogP contribution in [0.15, 0.2) is 0 Å². The molecule has 5 N–H and O–H groups in total. The molecule has 4 heteroatoms. The van der Waals surface area contributed by atoms with E-state index >= 15 is 0 Å². The summed E-state index contributed by atoms with van der Waals surface area (Å²) < 4.78 is 0. The third-order valence-corrected chi connectivity index (χ3v) is 2.24. The molecule has 0 rings (SSSR count). The summed E-state index contributed by atoms with van der Waals surface area (Å²) in [6.45, 7) is 6.23. The molecule has 3 unspecified atom stereocenters. The first-order valence-corrected chi connectivity index (χ1v) is 6.19. The summed E-state index contributed by atoms with van der Waals surface area (Å²) in [7, 11) is 0. The third-order valence-electron chi connectivity index (χ3n) is 2.24. The zero-order chi connectivity index (χ0) is 13.0. The Hall–Kier alpha value is -0.160. The van der Waals surface area contributed by atoms with Gasteiger partial charge in [0.15, 0.2) is 0 Å². The summed E-state index contributed by atoms with van der Waals surface area (Å²) in [5.41, 5.74) is 5.21. The minimum Gasteiger partial charge on any atom is -0.393 e. The van der Waals surface area contributed by atoms with E-state index in [1.54, 1.807) is 6.92 Å². The molecule has 0 radical (unpaired) electrons. The van der Waals surface area contributed by atoms with Gasteiger partial charge in [-0.25, -0.2) is 0 Å². The fourth-order valence-electron chi connectivity index (χ4n) is 1.05. The van der Waals surface area contributed by atoms with Gasteiger partial charge in [-0.1, -0.05) is 19.8 Å². The van der Waals surface area contributed by atoms with Crippen LogP contribution in [0, 0.1) is 0 Å². The Labute approximate surface area is 99.5 Å². The van der Waals surface area contributed by atoms with Crippen LogP contribution in [-0.2, 0) is 0 Å². The Kier molecular flexibility index (Phi) is 14.7. The number of nitrogens with two attached hydrogens (primary N) is 1. The summed E-state index contributed by atoms with van der Waals surface area (Å²) >= 11 is 0. The van der Waals surface area contributed by atoms with Gasteiger partial charge in [0.05, 0.1) is 18.3 Å². The van der Waals surface area contributed by atoms with Crippen molar-refractivity contribution in [2.75, 3.05) is 6.54 Å². The molecular weight excluding hydrogens is 206 g/mol. The smallest absolute Gasteiger partial charge is 0.0797 e. The van der Waals surface area contributed by atoms with Crippen molar-refractivity contribution in [1.29, 1.82) is 0 Å². The van der Waals surface area contributed by atoms with Crippen LogP contribution in [0.5, 0.6) is 0 Å². The van der Waals surface area contributed by atoms with Crippen molar-refractivity contribution in [1.82, 2.24) is 0 Å². The van der Waals surface area contributed by atoms with Crippen LogP contribution < -0.4 is 5.73 Å². The maximum atomic E-state index is 9.01. The predicted molar refractivity (Wildman–Crippen MR) is 67.2 cm³/mol. The first-order valence-electron chi connectivity index (χ1n) is 6.19. The molecule has 0 aromatic heterocycles. The largest absolute Gasteiger partial charge is 0.393 e. The Bertz CT molecular complexity index is 125. The van der Waals surface area contributed by atoms with Crippen molar-refractivity contribution < 1.29 is 15.3 Å². The molecule has 0 bridgehead atoms. The highest BCUT2D eigenvalue weighted by atomic mass is 16.3. The fraction of sp³-hybridized carbons (Fsp3) is 1.00. The lowest BCUT2D eigenvalue weighted by atomic mass is 10.1. The van der Waals surface area contributed by atoms with E-state index in [4.69, 9.17) is 21.1 Å². The number of hydrogen-bond donors (Lipinski definition) is 4. The maximum absolute atomic E-state index is 9.01. The molecule has 0 amide bonds. The summed E-state index contributed by atoms with van der Waals surface area (Å²) in [6, 6.07) is 0. The zero-order valence-corrected chi connectivity index (χ0v) is 10.9. The molecule has 4 nitrogen and oxygen atoms in total. The van der Waals surface area contributed by atoms with Crippen molar-refractivity contribution in [2.24, 2.45) is 5.73 Å². The molecule has 16 heavy (non-hydrogen) atoms. The van der Waals surface area contributed by atoms with Gasteiger partial charge in [0.1, 0.15) is 0 Å². The molecule has 0 aliphatic heterocycles. The van der Waals surface area contributed by atoms with E-state index in [1.807, 2.05) is 0 Å². The van der Waals surface area contributed by atoms with Crippen LogP contribution >= 0.6 is 0 Å². The molecule has 0 aromatic rings. The van der Waals surface area contributed by atoms with Gasteiger partial charge in [-0.15, -0.1) is 0 Å². The second-order valence-corrected chi connectivity index (χ2v) is 4.23. The van der Waals surface area contributed by atoms with Crippen LogP contribution in [-0.4, -0.2) is 40.2 Å². The van der Waals surface area contributed by atoms with Gasteiger partial charge < -0.3 is 21.1 Å². The van der Waals surface area contributed by atoms with E-state index in [1.165, 1.54) is 26.2 Å².